The third-order valence-electron chi connectivity index (χ3n) is 3.75. The standard InChI is InChI=1S/C14H21NO4/c1-10-11(12(16)17)6-4-7-14(10,13(18)19)8-5-9-15(2)3/h4,6-7,10H,5,8-9H2,1-3H3,(H,16,17)(H,18,19). The highest BCUT2D eigenvalue weighted by atomic mass is 16.4. The number of aliphatic carboxylic acids is 2. The largest absolute Gasteiger partial charge is 0.481 e. The van der Waals surface area contributed by atoms with E-state index in [1.54, 1.807) is 19.1 Å². The number of hydrogen-bond acceptors (Lipinski definition) is 3. The predicted octanol–water partition coefficient (Wildman–Crippen LogP) is 1.62. The number of allylic oxidation sites excluding steroid dienone is 2. The average molecular weight is 267 g/mol. The van der Waals surface area contributed by atoms with Crippen molar-refractivity contribution in [1.29, 1.82) is 0 Å². The molecule has 1 aliphatic rings. The summed E-state index contributed by atoms with van der Waals surface area (Å²) in [6, 6.07) is 0. The van der Waals surface area contributed by atoms with Crippen LogP contribution in [-0.2, 0) is 9.59 Å². The Balaban J connectivity index is 2.95. The molecule has 2 atom stereocenters. The van der Waals surface area contributed by atoms with Crippen LogP contribution in [0.2, 0.25) is 0 Å². The van der Waals surface area contributed by atoms with E-state index in [2.05, 4.69) is 0 Å². The minimum atomic E-state index is -1.11. The van der Waals surface area contributed by atoms with Crippen molar-refractivity contribution < 1.29 is 19.8 Å². The zero-order chi connectivity index (χ0) is 14.6. The molecule has 0 saturated heterocycles. The molecule has 2 N–H and O–H groups in total. The summed E-state index contributed by atoms with van der Waals surface area (Å²) >= 11 is 0. The van der Waals surface area contributed by atoms with E-state index in [1.807, 2.05) is 19.0 Å². The van der Waals surface area contributed by atoms with Crippen LogP contribution in [0, 0.1) is 11.3 Å². The van der Waals surface area contributed by atoms with E-state index < -0.39 is 23.3 Å². The molecule has 0 aromatic rings. The Bertz CT molecular complexity index is 425. The summed E-state index contributed by atoms with van der Waals surface area (Å²) in [5.41, 5.74) is -0.951. The van der Waals surface area contributed by atoms with Gasteiger partial charge < -0.3 is 15.1 Å². The van der Waals surface area contributed by atoms with Gasteiger partial charge in [-0.05, 0) is 33.5 Å². The van der Waals surface area contributed by atoms with Crippen LogP contribution in [0.25, 0.3) is 0 Å². The van der Waals surface area contributed by atoms with Crippen molar-refractivity contribution in [2.24, 2.45) is 11.3 Å². The Kier molecular flexibility index (Phi) is 4.89. The molecular weight excluding hydrogens is 246 g/mol. The maximum absolute atomic E-state index is 11.6. The molecule has 0 aromatic carbocycles. The highest BCUT2D eigenvalue weighted by molar-refractivity contribution is 5.91. The third-order valence-corrected chi connectivity index (χ3v) is 3.75. The summed E-state index contributed by atoms with van der Waals surface area (Å²) in [6.45, 7) is 2.45. The number of nitrogens with zero attached hydrogens (tertiary/aromatic N) is 1. The van der Waals surface area contributed by atoms with E-state index in [-0.39, 0.29) is 5.57 Å². The monoisotopic (exact) mass is 267 g/mol. The zero-order valence-corrected chi connectivity index (χ0v) is 11.6. The topological polar surface area (TPSA) is 77.8 Å². The summed E-state index contributed by atoms with van der Waals surface area (Å²) in [5.74, 6) is -2.54. The van der Waals surface area contributed by atoms with Crippen LogP contribution < -0.4 is 0 Å². The van der Waals surface area contributed by atoms with E-state index in [4.69, 9.17) is 5.11 Å². The van der Waals surface area contributed by atoms with Crippen LogP contribution in [-0.4, -0.2) is 47.7 Å². The molecule has 2 unspecified atom stereocenters. The first kappa shape index (κ1) is 15.4. The molecule has 106 valence electrons. The zero-order valence-electron chi connectivity index (χ0n) is 11.6. The lowest BCUT2D eigenvalue weighted by Crippen LogP contribution is -2.40. The molecule has 0 saturated carbocycles. The molecule has 0 radical (unpaired) electrons. The van der Waals surface area contributed by atoms with Gasteiger partial charge in [0.1, 0.15) is 0 Å². The van der Waals surface area contributed by atoms with Crippen LogP contribution in [0.3, 0.4) is 0 Å². The fraction of sp³-hybridized carbons (Fsp3) is 0.571. The van der Waals surface area contributed by atoms with Gasteiger partial charge in [-0.1, -0.05) is 25.2 Å². The van der Waals surface area contributed by atoms with Gasteiger partial charge in [0.05, 0.1) is 5.41 Å². The molecule has 0 spiro atoms. The van der Waals surface area contributed by atoms with Gasteiger partial charge in [0.15, 0.2) is 0 Å². The molecule has 5 heteroatoms. The van der Waals surface area contributed by atoms with Gasteiger partial charge in [-0.3, -0.25) is 4.79 Å². The van der Waals surface area contributed by atoms with Crippen LogP contribution >= 0.6 is 0 Å². The molecule has 0 heterocycles. The lowest BCUT2D eigenvalue weighted by Gasteiger charge is -2.35. The fourth-order valence-corrected chi connectivity index (χ4v) is 2.50. The number of carboxylic acids is 2. The van der Waals surface area contributed by atoms with Crippen LogP contribution in [0.1, 0.15) is 19.8 Å². The molecule has 0 aliphatic heterocycles. The van der Waals surface area contributed by atoms with Crippen molar-refractivity contribution in [2.75, 3.05) is 20.6 Å². The summed E-state index contributed by atoms with van der Waals surface area (Å²) < 4.78 is 0. The lowest BCUT2D eigenvalue weighted by molar-refractivity contribution is -0.149. The Labute approximate surface area is 113 Å². The second-order valence-electron chi connectivity index (χ2n) is 5.26. The predicted molar refractivity (Wildman–Crippen MR) is 71.9 cm³/mol. The summed E-state index contributed by atoms with van der Waals surface area (Å²) in [4.78, 5) is 24.8. The number of hydrogen-bond donors (Lipinski definition) is 2. The van der Waals surface area contributed by atoms with Gasteiger partial charge in [-0.15, -0.1) is 0 Å². The smallest absolute Gasteiger partial charge is 0.331 e. The van der Waals surface area contributed by atoms with Crippen LogP contribution in [0.15, 0.2) is 23.8 Å². The fourth-order valence-electron chi connectivity index (χ4n) is 2.50. The van der Waals surface area contributed by atoms with E-state index in [0.717, 1.165) is 6.54 Å². The van der Waals surface area contributed by atoms with Crippen molar-refractivity contribution >= 4 is 11.9 Å². The first-order valence-corrected chi connectivity index (χ1v) is 6.32. The maximum atomic E-state index is 11.6. The number of carboxylic acid groups (broad SMARTS) is 2. The van der Waals surface area contributed by atoms with E-state index in [9.17, 15) is 14.7 Å². The normalized spacial score (nSPS) is 26.3. The average Bonchev–Trinajstić information content (AvgIpc) is 2.30. The van der Waals surface area contributed by atoms with Gasteiger partial charge in [-0.25, -0.2) is 4.79 Å². The summed E-state index contributed by atoms with van der Waals surface area (Å²) in [5, 5.41) is 18.7. The van der Waals surface area contributed by atoms with Crippen molar-refractivity contribution in [3.8, 4) is 0 Å². The molecule has 0 amide bonds. The second-order valence-corrected chi connectivity index (χ2v) is 5.26. The minimum Gasteiger partial charge on any atom is -0.481 e. The molecule has 19 heavy (non-hydrogen) atoms. The third kappa shape index (κ3) is 3.23. The van der Waals surface area contributed by atoms with Crippen LogP contribution in [0.4, 0.5) is 0 Å². The Hall–Kier alpha value is -1.62. The first-order chi connectivity index (χ1) is 8.81. The Morgan fingerprint density at radius 3 is 2.47 bits per heavy atom. The SMILES string of the molecule is CC1C(C(=O)O)=CC=CC1(CCCN(C)C)C(=O)O. The summed E-state index contributed by atoms with van der Waals surface area (Å²) in [6.07, 6.45) is 5.80. The molecule has 0 fully saturated rings. The molecular formula is C14H21NO4. The van der Waals surface area contributed by atoms with Crippen molar-refractivity contribution in [3.05, 3.63) is 23.8 Å². The molecule has 1 aliphatic carbocycles. The van der Waals surface area contributed by atoms with Gasteiger partial charge in [0, 0.05) is 11.5 Å². The minimum absolute atomic E-state index is 0.162. The van der Waals surface area contributed by atoms with E-state index in [1.165, 1.54) is 6.08 Å². The Morgan fingerprint density at radius 1 is 1.37 bits per heavy atom. The van der Waals surface area contributed by atoms with Gasteiger partial charge in [0.25, 0.3) is 0 Å². The van der Waals surface area contributed by atoms with Crippen molar-refractivity contribution in [1.82, 2.24) is 4.90 Å². The number of rotatable bonds is 6. The van der Waals surface area contributed by atoms with Crippen molar-refractivity contribution in [3.63, 3.8) is 0 Å². The molecule has 0 bridgehead atoms. The molecule has 5 nitrogen and oxygen atoms in total. The van der Waals surface area contributed by atoms with Crippen LogP contribution in [0.5, 0.6) is 0 Å². The lowest BCUT2D eigenvalue weighted by atomic mass is 9.67. The second kappa shape index (κ2) is 6.02. The van der Waals surface area contributed by atoms with Gasteiger partial charge in [-0.2, -0.15) is 0 Å². The molecule has 0 aromatic heterocycles. The maximum Gasteiger partial charge on any atom is 0.331 e. The quantitative estimate of drug-likeness (QED) is 0.764. The van der Waals surface area contributed by atoms with Crippen molar-refractivity contribution in [2.45, 2.75) is 19.8 Å². The van der Waals surface area contributed by atoms with Gasteiger partial charge in [0.2, 0.25) is 0 Å². The van der Waals surface area contributed by atoms with Gasteiger partial charge >= 0.3 is 11.9 Å². The van der Waals surface area contributed by atoms with E-state index >= 15 is 0 Å². The molecule has 1 rings (SSSR count). The number of carbonyl (C=O) groups is 2. The highest BCUT2D eigenvalue weighted by Crippen LogP contribution is 2.41. The van der Waals surface area contributed by atoms with E-state index in [0.29, 0.717) is 12.8 Å². The highest BCUT2D eigenvalue weighted by Gasteiger charge is 2.45. The first-order valence-electron chi connectivity index (χ1n) is 6.32. The summed E-state index contributed by atoms with van der Waals surface area (Å²) in [7, 11) is 3.85. The Morgan fingerprint density at radius 2 is 2.00 bits per heavy atom.